The number of rotatable bonds is 4. The predicted octanol–water partition coefficient (Wildman–Crippen LogP) is 11.7. The largest absolute Gasteiger partial charge is 0.456 e. The Labute approximate surface area is 283 Å². The molecule has 230 valence electrons. The van der Waals surface area contributed by atoms with E-state index >= 15 is 0 Å². The average molecular weight is 628 g/mol. The molecule has 7 aromatic carbocycles. The Hall–Kier alpha value is -6.39. The van der Waals surface area contributed by atoms with Crippen LogP contribution in [-0.4, -0.2) is 15.0 Å². The van der Waals surface area contributed by atoms with E-state index in [1.807, 2.05) is 36.4 Å². The van der Waals surface area contributed by atoms with Crippen LogP contribution in [0.25, 0.3) is 94.8 Å². The third-order valence-corrected chi connectivity index (χ3v) is 9.77. The first kappa shape index (κ1) is 27.7. The fraction of sp³-hybridized carbons (Fsp3) is 0.0444. The molecule has 2 heterocycles. The van der Waals surface area contributed by atoms with Gasteiger partial charge in [0.1, 0.15) is 11.2 Å². The molecule has 0 atom stereocenters. The maximum Gasteiger partial charge on any atom is 0.164 e. The van der Waals surface area contributed by atoms with Crippen LogP contribution < -0.4 is 0 Å². The molecule has 0 unspecified atom stereocenters. The molecule has 0 N–H and O–H groups in total. The molecule has 0 spiro atoms. The molecule has 0 amide bonds. The first-order valence-electron chi connectivity index (χ1n) is 16.8. The molecule has 9 aromatic rings. The number of hydrogen-bond acceptors (Lipinski definition) is 4. The van der Waals surface area contributed by atoms with Gasteiger partial charge in [-0.15, -0.1) is 0 Å². The van der Waals surface area contributed by atoms with Crippen molar-refractivity contribution >= 4 is 49.6 Å². The fourth-order valence-corrected chi connectivity index (χ4v) is 7.52. The standard InChI is InChI=1S/C45H29N3O/c1-2-13-28(14-3-1)43-46-44(48-45(47-43)39-26-30-16-5-6-17-32(30)34-19-8-9-20-35(34)39)31-25-29-15-4-7-18-33(29)38(27-31)36-22-12-24-41-42(36)37-21-10-11-23-40(37)49-41/h1-7,9-18,20-27H,8,19H2. The molecule has 0 bridgehead atoms. The summed E-state index contributed by atoms with van der Waals surface area (Å²) in [6.45, 7) is 0. The molecule has 4 nitrogen and oxygen atoms in total. The average Bonchev–Trinajstić information content (AvgIpc) is 3.56. The Kier molecular flexibility index (Phi) is 6.28. The van der Waals surface area contributed by atoms with Gasteiger partial charge in [0.25, 0.3) is 0 Å². The lowest BCUT2D eigenvalue weighted by Gasteiger charge is -2.18. The Morgan fingerprint density at radius 1 is 0.469 bits per heavy atom. The first-order valence-corrected chi connectivity index (χ1v) is 16.8. The lowest BCUT2D eigenvalue weighted by molar-refractivity contribution is 0.669. The number of para-hydroxylation sites is 1. The highest BCUT2D eigenvalue weighted by Gasteiger charge is 2.21. The highest BCUT2D eigenvalue weighted by Crippen LogP contribution is 2.42. The van der Waals surface area contributed by atoms with Gasteiger partial charge in [0.15, 0.2) is 17.5 Å². The minimum absolute atomic E-state index is 0.641. The molecule has 1 aliphatic carbocycles. The molecule has 0 saturated carbocycles. The van der Waals surface area contributed by atoms with E-state index in [4.69, 9.17) is 19.4 Å². The molecule has 2 aromatic heterocycles. The Balaban J connectivity index is 1.25. The number of aryl methyl sites for hydroxylation is 1. The number of aromatic nitrogens is 3. The topological polar surface area (TPSA) is 51.8 Å². The summed E-state index contributed by atoms with van der Waals surface area (Å²) in [5.74, 6) is 1.97. The van der Waals surface area contributed by atoms with Gasteiger partial charge >= 0.3 is 0 Å². The van der Waals surface area contributed by atoms with Gasteiger partial charge in [-0.05, 0) is 87.0 Å². The van der Waals surface area contributed by atoms with E-state index in [1.54, 1.807) is 0 Å². The molecule has 49 heavy (non-hydrogen) atoms. The number of allylic oxidation sites excluding steroid dienone is 1. The van der Waals surface area contributed by atoms with Crippen molar-refractivity contribution in [2.24, 2.45) is 0 Å². The molecule has 0 saturated heterocycles. The number of nitrogens with zero attached hydrogens (tertiary/aromatic N) is 3. The van der Waals surface area contributed by atoms with E-state index in [0.29, 0.717) is 17.5 Å². The van der Waals surface area contributed by atoms with Gasteiger partial charge in [0.2, 0.25) is 0 Å². The highest BCUT2D eigenvalue weighted by atomic mass is 16.3. The summed E-state index contributed by atoms with van der Waals surface area (Å²) < 4.78 is 6.31. The van der Waals surface area contributed by atoms with Crippen LogP contribution in [0.5, 0.6) is 0 Å². The van der Waals surface area contributed by atoms with Crippen molar-refractivity contribution in [3.63, 3.8) is 0 Å². The molecule has 1 aliphatic rings. The number of fused-ring (bicyclic) bond motifs is 7. The van der Waals surface area contributed by atoms with E-state index in [0.717, 1.165) is 73.4 Å². The van der Waals surface area contributed by atoms with Crippen molar-refractivity contribution in [3.8, 4) is 45.3 Å². The van der Waals surface area contributed by atoms with Crippen molar-refractivity contribution in [3.05, 3.63) is 157 Å². The smallest absolute Gasteiger partial charge is 0.164 e. The summed E-state index contributed by atoms with van der Waals surface area (Å²) >= 11 is 0. The fourth-order valence-electron chi connectivity index (χ4n) is 7.52. The normalized spacial score (nSPS) is 12.7. The van der Waals surface area contributed by atoms with Crippen LogP contribution in [-0.2, 0) is 6.42 Å². The number of furan rings is 1. The summed E-state index contributed by atoms with van der Waals surface area (Å²) in [4.78, 5) is 15.6. The molecule has 0 radical (unpaired) electrons. The van der Waals surface area contributed by atoms with E-state index in [2.05, 4.69) is 115 Å². The van der Waals surface area contributed by atoms with Gasteiger partial charge in [-0.3, -0.25) is 0 Å². The zero-order chi connectivity index (χ0) is 32.3. The number of benzene rings is 7. The van der Waals surface area contributed by atoms with Crippen molar-refractivity contribution < 1.29 is 4.42 Å². The van der Waals surface area contributed by atoms with Gasteiger partial charge < -0.3 is 4.42 Å². The summed E-state index contributed by atoms with van der Waals surface area (Å²) in [5, 5.41) is 6.98. The summed E-state index contributed by atoms with van der Waals surface area (Å²) in [7, 11) is 0. The Bertz CT molecular complexity index is 2780. The lowest BCUT2D eigenvalue weighted by atomic mass is 9.88. The molecule has 4 heteroatoms. The number of hydrogen-bond donors (Lipinski definition) is 0. The monoisotopic (exact) mass is 627 g/mol. The van der Waals surface area contributed by atoms with E-state index in [-0.39, 0.29) is 0 Å². The van der Waals surface area contributed by atoms with E-state index in [9.17, 15) is 0 Å². The van der Waals surface area contributed by atoms with Crippen LogP contribution in [0, 0.1) is 0 Å². The first-order chi connectivity index (χ1) is 24.3. The van der Waals surface area contributed by atoms with Crippen molar-refractivity contribution in [2.75, 3.05) is 0 Å². The van der Waals surface area contributed by atoms with Crippen molar-refractivity contribution in [2.45, 2.75) is 12.8 Å². The Morgan fingerprint density at radius 3 is 2.00 bits per heavy atom. The quantitative estimate of drug-likeness (QED) is 0.195. The van der Waals surface area contributed by atoms with Crippen LogP contribution >= 0.6 is 0 Å². The Morgan fingerprint density at radius 2 is 1.14 bits per heavy atom. The molecule has 0 aliphatic heterocycles. The van der Waals surface area contributed by atoms with E-state index in [1.165, 1.54) is 21.9 Å². The van der Waals surface area contributed by atoms with Gasteiger partial charge in [0, 0.05) is 27.5 Å². The minimum Gasteiger partial charge on any atom is -0.456 e. The SMILES string of the molecule is C1=Cc2c(-c3nc(-c4ccccc4)nc(-c4cc(-c5cccc6oc7ccccc7c56)c5ccccc5c4)n3)cc3ccccc3c2CC1. The summed E-state index contributed by atoms with van der Waals surface area (Å²) in [6, 6.07) is 48.7. The molecule has 10 rings (SSSR count). The maximum atomic E-state index is 6.31. The van der Waals surface area contributed by atoms with Crippen molar-refractivity contribution in [1.82, 2.24) is 15.0 Å². The zero-order valence-electron chi connectivity index (χ0n) is 26.6. The molecular formula is C45H29N3O. The second kappa shape index (κ2) is 11.1. The third kappa shape index (κ3) is 4.56. The predicted molar refractivity (Wildman–Crippen MR) is 201 cm³/mol. The second-order valence-corrected chi connectivity index (χ2v) is 12.7. The maximum absolute atomic E-state index is 6.31. The molecular weight excluding hydrogens is 599 g/mol. The summed E-state index contributed by atoms with van der Waals surface area (Å²) in [6.07, 6.45) is 6.52. The highest BCUT2D eigenvalue weighted by molar-refractivity contribution is 6.15. The van der Waals surface area contributed by atoms with Crippen LogP contribution in [0.2, 0.25) is 0 Å². The zero-order valence-corrected chi connectivity index (χ0v) is 26.6. The lowest BCUT2D eigenvalue weighted by Crippen LogP contribution is -2.04. The third-order valence-electron chi connectivity index (χ3n) is 9.77. The molecule has 0 fully saturated rings. The van der Waals surface area contributed by atoms with Gasteiger partial charge in [0.05, 0.1) is 0 Å². The van der Waals surface area contributed by atoms with E-state index < -0.39 is 0 Å². The van der Waals surface area contributed by atoms with Crippen LogP contribution in [0.3, 0.4) is 0 Å². The van der Waals surface area contributed by atoms with Gasteiger partial charge in [-0.2, -0.15) is 0 Å². The van der Waals surface area contributed by atoms with Gasteiger partial charge in [-0.25, -0.2) is 15.0 Å². The van der Waals surface area contributed by atoms with Gasteiger partial charge in [-0.1, -0.05) is 121 Å². The minimum atomic E-state index is 0.641. The van der Waals surface area contributed by atoms with Crippen LogP contribution in [0.4, 0.5) is 0 Å². The second-order valence-electron chi connectivity index (χ2n) is 12.7. The summed E-state index contributed by atoms with van der Waals surface area (Å²) in [5.41, 5.74) is 9.44. The van der Waals surface area contributed by atoms with Crippen LogP contribution in [0.15, 0.2) is 150 Å². The van der Waals surface area contributed by atoms with Crippen molar-refractivity contribution in [1.29, 1.82) is 0 Å². The van der Waals surface area contributed by atoms with Crippen LogP contribution in [0.1, 0.15) is 17.5 Å².